The third-order valence-corrected chi connectivity index (χ3v) is 6.27. The standard InChI is InChI=1S/C27H29FN6O2/c1-15-22-21(10-9-19(23(22)28)18-11-13-30-24-20(18)6-5-12-29-24)34-25(31-15)32-16-7-8-17(14-16)33-26(35)36-27(2,3)4/h5-6,9-13,16-17H,7-8,14H2,1-4H3,(H,33,35)(H,31,32,34)/t16-,17+/m1/s1. The topological polar surface area (TPSA) is 102 Å². The zero-order chi connectivity index (χ0) is 25.4. The lowest BCUT2D eigenvalue weighted by Crippen LogP contribution is -2.38. The average molecular weight is 489 g/mol. The number of rotatable bonds is 4. The number of amides is 1. The molecule has 2 N–H and O–H groups in total. The van der Waals surface area contributed by atoms with E-state index in [2.05, 4.69) is 30.6 Å². The van der Waals surface area contributed by atoms with Crippen LogP contribution in [0.1, 0.15) is 45.7 Å². The minimum atomic E-state index is -0.534. The molecule has 0 aliphatic heterocycles. The number of benzene rings is 1. The first-order chi connectivity index (χ1) is 17.2. The molecule has 1 aliphatic carbocycles. The van der Waals surface area contributed by atoms with Gasteiger partial charge in [0.2, 0.25) is 5.95 Å². The van der Waals surface area contributed by atoms with Gasteiger partial charge in [-0.2, -0.15) is 0 Å². The molecule has 0 unspecified atom stereocenters. The van der Waals surface area contributed by atoms with Crippen LogP contribution in [0.25, 0.3) is 33.1 Å². The molecule has 5 rings (SSSR count). The molecule has 2 atom stereocenters. The van der Waals surface area contributed by atoms with Gasteiger partial charge in [0.05, 0.1) is 16.6 Å². The highest BCUT2D eigenvalue weighted by molar-refractivity contribution is 5.96. The molecule has 0 bridgehead atoms. The van der Waals surface area contributed by atoms with Gasteiger partial charge in [0.1, 0.15) is 11.4 Å². The van der Waals surface area contributed by atoms with E-state index in [-0.39, 0.29) is 17.9 Å². The van der Waals surface area contributed by atoms with Crippen molar-refractivity contribution in [3.05, 3.63) is 54.2 Å². The molecule has 3 aromatic heterocycles. The van der Waals surface area contributed by atoms with Crippen LogP contribution in [0.4, 0.5) is 15.1 Å². The number of pyridine rings is 2. The lowest BCUT2D eigenvalue weighted by Gasteiger charge is -2.22. The molecular formula is C27H29FN6O2. The number of fused-ring (bicyclic) bond motifs is 2. The molecule has 0 saturated heterocycles. The number of ether oxygens (including phenoxy) is 1. The summed E-state index contributed by atoms with van der Waals surface area (Å²) in [5.41, 5.74) is 2.31. The Hall–Kier alpha value is -3.88. The van der Waals surface area contributed by atoms with Crippen LogP contribution in [0, 0.1) is 12.7 Å². The molecule has 36 heavy (non-hydrogen) atoms. The Kier molecular flexibility index (Phi) is 6.15. The fourth-order valence-electron chi connectivity index (χ4n) is 4.75. The van der Waals surface area contributed by atoms with Gasteiger partial charge >= 0.3 is 6.09 Å². The van der Waals surface area contributed by atoms with E-state index < -0.39 is 11.7 Å². The Bertz CT molecular complexity index is 1450. The Morgan fingerprint density at radius 3 is 2.61 bits per heavy atom. The molecule has 0 spiro atoms. The number of nitrogens with zero attached hydrogens (tertiary/aromatic N) is 4. The number of halogens is 1. The molecule has 0 radical (unpaired) electrons. The van der Waals surface area contributed by atoms with Crippen LogP contribution >= 0.6 is 0 Å². The van der Waals surface area contributed by atoms with E-state index in [9.17, 15) is 4.79 Å². The number of hydrogen-bond donors (Lipinski definition) is 2. The van der Waals surface area contributed by atoms with E-state index in [4.69, 9.17) is 4.74 Å². The molecule has 9 heteroatoms. The number of alkyl carbamates (subject to hydrolysis) is 1. The van der Waals surface area contributed by atoms with Gasteiger partial charge in [0, 0.05) is 35.4 Å². The van der Waals surface area contributed by atoms with Crippen LogP contribution in [0.15, 0.2) is 42.7 Å². The molecule has 8 nitrogen and oxygen atoms in total. The number of carbonyl (C=O) groups is 1. The highest BCUT2D eigenvalue weighted by atomic mass is 19.1. The van der Waals surface area contributed by atoms with E-state index in [0.717, 1.165) is 30.2 Å². The van der Waals surface area contributed by atoms with E-state index >= 15 is 4.39 Å². The molecule has 1 aliphatic rings. The summed E-state index contributed by atoms with van der Waals surface area (Å²) in [6, 6.07) is 9.17. The summed E-state index contributed by atoms with van der Waals surface area (Å²) in [7, 11) is 0. The summed E-state index contributed by atoms with van der Waals surface area (Å²) in [5.74, 6) is 0.0871. The molecule has 1 amide bonds. The largest absolute Gasteiger partial charge is 0.444 e. The van der Waals surface area contributed by atoms with Crippen molar-refractivity contribution in [2.45, 2.75) is 64.6 Å². The minimum absolute atomic E-state index is 0.0172. The lowest BCUT2D eigenvalue weighted by molar-refractivity contribution is 0.0505. The maximum absolute atomic E-state index is 15.8. The number of nitrogens with one attached hydrogen (secondary N) is 2. The number of hydrogen-bond acceptors (Lipinski definition) is 7. The van der Waals surface area contributed by atoms with Crippen LogP contribution in [0.3, 0.4) is 0 Å². The lowest BCUT2D eigenvalue weighted by atomic mass is 9.99. The first kappa shape index (κ1) is 23.8. The summed E-state index contributed by atoms with van der Waals surface area (Å²) in [6.07, 6.45) is 5.32. The van der Waals surface area contributed by atoms with Gasteiger partial charge in [0.25, 0.3) is 0 Å². The van der Waals surface area contributed by atoms with E-state index in [0.29, 0.717) is 33.8 Å². The molecular weight excluding hydrogens is 459 g/mol. The molecule has 3 heterocycles. The van der Waals surface area contributed by atoms with Crippen LogP contribution in [0.5, 0.6) is 0 Å². The van der Waals surface area contributed by atoms with Gasteiger partial charge in [-0.3, -0.25) is 0 Å². The van der Waals surface area contributed by atoms with Crippen LogP contribution in [0.2, 0.25) is 0 Å². The average Bonchev–Trinajstić information content (AvgIpc) is 3.24. The third-order valence-electron chi connectivity index (χ3n) is 6.27. The molecule has 1 saturated carbocycles. The van der Waals surface area contributed by atoms with Crippen molar-refractivity contribution in [2.24, 2.45) is 0 Å². The highest BCUT2D eigenvalue weighted by Gasteiger charge is 2.28. The second-order valence-corrected chi connectivity index (χ2v) is 10.2. The van der Waals surface area contributed by atoms with E-state index in [1.54, 1.807) is 31.5 Å². The van der Waals surface area contributed by atoms with Crippen LogP contribution in [-0.2, 0) is 4.74 Å². The van der Waals surface area contributed by atoms with Crippen molar-refractivity contribution in [2.75, 3.05) is 5.32 Å². The normalized spacial score (nSPS) is 17.9. The van der Waals surface area contributed by atoms with Crippen molar-refractivity contribution < 1.29 is 13.9 Å². The fourth-order valence-corrected chi connectivity index (χ4v) is 4.75. The second kappa shape index (κ2) is 9.29. The Labute approximate surface area is 208 Å². The van der Waals surface area contributed by atoms with Gasteiger partial charge in [-0.05, 0) is 82.9 Å². The maximum Gasteiger partial charge on any atom is 0.407 e. The molecule has 1 aromatic carbocycles. The quantitative estimate of drug-likeness (QED) is 0.389. The van der Waals surface area contributed by atoms with Gasteiger partial charge in [-0.15, -0.1) is 0 Å². The predicted molar refractivity (Wildman–Crippen MR) is 137 cm³/mol. The van der Waals surface area contributed by atoms with Crippen LogP contribution < -0.4 is 10.6 Å². The van der Waals surface area contributed by atoms with Gasteiger partial charge in [-0.1, -0.05) is 0 Å². The highest BCUT2D eigenvalue weighted by Crippen LogP contribution is 2.33. The zero-order valence-corrected chi connectivity index (χ0v) is 20.8. The third kappa shape index (κ3) is 4.91. The summed E-state index contributed by atoms with van der Waals surface area (Å²) >= 11 is 0. The number of aryl methyl sites for hydroxylation is 1. The van der Waals surface area contributed by atoms with Crippen molar-refractivity contribution in [1.82, 2.24) is 25.3 Å². The SMILES string of the molecule is Cc1nc(N[C@@H]2CC[C@H](NC(=O)OC(C)(C)C)C2)nc2ccc(-c3ccnc4ncccc34)c(F)c12. The molecule has 1 fully saturated rings. The Balaban J connectivity index is 1.36. The predicted octanol–water partition coefficient (Wildman–Crippen LogP) is 5.55. The van der Waals surface area contributed by atoms with Gasteiger partial charge in [-0.25, -0.2) is 29.1 Å². The zero-order valence-electron chi connectivity index (χ0n) is 20.8. The Morgan fingerprint density at radius 2 is 1.81 bits per heavy atom. The van der Waals surface area contributed by atoms with Crippen molar-refractivity contribution in [3.63, 3.8) is 0 Å². The van der Waals surface area contributed by atoms with Crippen molar-refractivity contribution >= 4 is 34.0 Å². The summed E-state index contributed by atoms with van der Waals surface area (Å²) < 4.78 is 21.1. The number of anilines is 1. The maximum atomic E-state index is 15.8. The minimum Gasteiger partial charge on any atom is -0.444 e. The van der Waals surface area contributed by atoms with Crippen LogP contribution in [-0.4, -0.2) is 43.7 Å². The summed E-state index contributed by atoms with van der Waals surface area (Å²) in [5, 5.41) is 7.47. The Morgan fingerprint density at radius 1 is 1.03 bits per heavy atom. The first-order valence-corrected chi connectivity index (χ1v) is 12.1. The summed E-state index contributed by atoms with van der Waals surface area (Å²) in [4.78, 5) is 29.8. The molecule has 186 valence electrons. The van der Waals surface area contributed by atoms with Gasteiger partial charge < -0.3 is 15.4 Å². The molecule has 4 aromatic rings. The second-order valence-electron chi connectivity index (χ2n) is 10.2. The number of aromatic nitrogens is 4. The monoisotopic (exact) mass is 488 g/mol. The fraction of sp³-hybridized carbons (Fsp3) is 0.370. The van der Waals surface area contributed by atoms with Gasteiger partial charge in [0.15, 0.2) is 5.65 Å². The van der Waals surface area contributed by atoms with E-state index in [1.165, 1.54) is 0 Å². The van der Waals surface area contributed by atoms with Crippen molar-refractivity contribution in [3.8, 4) is 11.1 Å². The first-order valence-electron chi connectivity index (χ1n) is 12.1. The summed E-state index contributed by atoms with van der Waals surface area (Å²) in [6.45, 7) is 7.31. The van der Waals surface area contributed by atoms with E-state index in [1.807, 2.05) is 39.0 Å². The van der Waals surface area contributed by atoms with Crippen molar-refractivity contribution in [1.29, 1.82) is 0 Å². The number of carbonyl (C=O) groups excluding carboxylic acids is 1. The smallest absolute Gasteiger partial charge is 0.407 e.